The van der Waals surface area contributed by atoms with Gasteiger partial charge in [-0.3, -0.25) is 14.9 Å². The molecule has 0 unspecified atom stereocenters. The van der Waals surface area contributed by atoms with Crippen molar-refractivity contribution in [1.82, 2.24) is 14.4 Å². The van der Waals surface area contributed by atoms with Gasteiger partial charge < -0.3 is 9.42 Å². The van der Waals surface area contributed by atoms with E-state index in [1.165, 1.54) is 16.4 Å². The van der Waals surface area contributed by atoms with Crippen LogP contribution in [-0.2, 0) is 21.4 Å². The van der Waals surface area contributed by atoms with Gasteiger partial charge in [0.1, 0.15) is 5.76 Å². The first kappa shape index (κ1) is 22.9. The van der Waals surface area contributed by atoms with Crippen molar-refractivity contribution < 1.29 is 22.7 Å². The minimum atomic E-state index is -3.89. The lowest BCUT2D eigenvalue weighted by Gasteiger charge is -2.32. The number of piperidine rings is 1. The summed E-state index contributed by atoms with van der Waals surface area (Å²) in [5.41, 5.74) is 1.79. The lowest BCUT2D eigenvalue weighted by molar-refractivity contribution is -0.385. The SMILES string of the molecule is Cc1ccc([N+](=O)[O-])cc1S(=O)(=O)N1CCC(C(=O)N(C)Cc2c(C)noc2C)CC1. The van der Waals surface area contributed by atoms with Crippen LogP contribution in [-0.4, -0.2) is 53.7 Å². The van der Waals surface area contributed by atoms with Gasteiger partial charge in [0.2, 0.25) is 15.9 Å². The first-order chi connectivity index (χ1) is 14.5. The highest BCUT2D eigenvalue weighted by Crippen LogP contribution is 2.29. The van der Waals surface area contributed by atoms with Gasteiger partial charge in [0.25, 0.3) is 5.69 Å². The Morgan fingerprint density at radius 3 is 2.48 bits per heavy atom. The van der Waals surface area contributed by atoms with Crippen LogP contribution in [0.3, 0.4) is 0 Å². The average molecular weight is 451 g/mol. The monoisotopic (exact) mass is 450 g/mol. The van der Waals surface area contributed by atoms with Gasteiger partial charge in [-0.1, -0.05) is 11.2 Å². The van der Waals surface area contributed by atoms with Gasteiger partial charge in [-0.2, -0.15) is 4.31 Å². The second-order valence-corrected chi connectivity index (χ2v) is 9.79. The maximum absolute atomic E-state index is 13.1. The number of non-ortho nitro benzene ring substituents is 1. The van der Waals surface area contributed by atoms with Crippen molar-refractivity contribution in [2.45, 2.75) is 45.1 Å². The van der Waals surface area contributed by atoms with Crippen LogP contribution in [0.2, 0.25) is 0 Å². The zero-order valence-electron chi connectivity index (χ0n) is 18.0. The van der Waals surface area contributed by atoms with E-state index in [2.05, 4.69) is 5.16 Å². The summed E-state index contributed by atoms with van der Waals surface area (Å²) < 4.78 is 32.6. The van der Waals surface area contributed by atoms with Crippen LogP contribution >= 0.6 is 0 Å². The van der Waals surface area contributed by atoms with E-state index < -0.39 is 14.9 Å². The molecule has 31 heavy (non-hydrogen) atoms. The molecule has 2 heterocycles. The van der Waals surface area contributed by atoms with E-state index in [1.807, 2.05) is 6.92 Å². The molecule has 1 aliphatic heterocycles. The minimum absolute atomic E-state index is 0.0522. The summed E-state index contributed by atoms with van der Waals surface area (Å²) in [6, 6.07) is 3.82. The number of rotatable bonds is 6. The maximum Gasteiger partial charge on any atom is 0.270 e. The lowest BCUT2D eigenvalue weighted by atomic mass is 9.96. The average Bonchev–Trinajstić information content (AvgIpc) is 3.05. The minimum Gasteiger partial charge on any atom is -0.361 e. The molecule has 10 nitrogen and oxygen atoms in total. The molecule has 1 aromatic heterocycles. The molecule has 1 saturated heterocycles. The smallest absolute Gasteiger partial charge is 0.270 e. The van der Waals surface area contributed by atoms with Crippen LogP contribution in [0.5, 0.6) is 0 Å². The molecular weight excluding hydrogens is 424 g/mol. The van der Waals surface area contributed by atoms with Crippen LogP contribution in [0.15, 0.2) is 27.6 Å². The third-order valence-electron chi connectivity index (χ3n) is 5.76. The lowest BCUT2D eigenvalue weighted by Crippen LogP contribution is -2.43. The largest absolute Gasteiger partial charge is 0.361 e. The van der Waals surface area contributed by atoms with Gasteiger partial charge in [-0.15, -0.1) is 0 Å². The van der Waals surface area contributed by atoms with Gasteiger partial charge >= 0.3 is 0 Å². The summed E-state index contributed by atoms with van der Waals surface area (Å²) in [6.07, 6.45) is 0.774. The number of benzene rings is 1. The number of aryl methyl sites for hydroxylation is 3. The Morgan fingerprint density at radius 2 is 1.94 bits per heavy atom. The second kappa shape index (κ2) is 8.75. The molecule has 0 atom stereocenters. The van der Waals surface area contributed by atoms with Crippen LogP contribution in [0.4, 0.5) is 5.69 Å². The molecular formula is C20H26N4O6S. The zero-order chi connectivity index (χ0) is 22.9. The highest BCUT2D eigenvalue weighted by molar-refractivity contribution is 7.89. The van der Waals surface area contributed by atoms with Crippen molar-refractivity contribution in [3.63, 3.8) is 0 Å². The number of carbonyl (C=O) groups is 1. The number of nitrogens with zero attached hydrogens (tertiary/aromatic N) is 4. The summed E-state index contributed by atoms with van der Waals surface area (Å²) in [6.45, 7) is 5.97. The number of hydrogen-bond acceptors (Lipinski definition) is 7. The van der Waals surface area contributed by atoms with Crippen molar-refractivity contribution in [2.75, 3.05) is 20.1 Å². The summed E-state index contributed by atoms with van der Waals surface area (Å²) in [5, 5.41) is 15.0. The van der Waals surface area contributed by atoms with Crippen LogP contribution in [0, 0.1) is 36.8 Å². The van der Waals surface area contributed by atoms with E-state index in [-0.39, 0.29) is 35.5 Å². The number of sulfonamides is 1. The number of aromatic nitrogens is 1. The van der Waals surface area contributed by atoms with Gasteiger partial charge in [-0.25, -0.2) is 8.42 Å². The summed E-state index contributed by atoms with van der Waals surface area (Å²) >= 11 is 0. The van der Waals surface area contributed by atoms with E-state index in [0.29, 0.717) is 30.7 Å². The molecule has 1 amide bonds. The Bertz CT molecular complexity index is 1080. The van der Waals surface area contributed by atoms with E-state index in [9.17, 15) is 23.3 Å². The van der Waals surface area contributed by atoms with Gasteiger partial charge in [0.05, 0.1) is 22.1 Å². The number of amides is 1. The fourth-order valence-electron chi connectivity index (χ4n) is 3.82. The van der Waals surface area contributed by atoms with E-state index in [4.69, 9.17) is 4.52 Å². The standard InChI is InChI=1S/C20H26N4O6S/c1-13-5-6-17(24(26)27)11-19(13)31(28,29)23-9-7-16(8-10-23)20(25)22(4)12-18-14(2)21-30-15(18)3/h5-6,11,16H,7-10,12H2,1-4H3. The van der Waals surface area contributed by atoms with Gasteiger partial charge in [-0.05, 0) is 39.2 Å². The topological polar surface area (TPSA) is 127 Å². The summed E-state index contributed by atoms with van der Waals surface area (Å²) in [5.74, 6) is 0.331. The fourth-order valence-corrected chi connectivity index (χ4v) is 5.53. The van der Waals surface area contributed by atoms with Crippen molar-refractivity contribution in [1.29, 1.82) is 0 Å². The van der Waals surface area contributed by atoms with Crippen LogP contribution < -0.4 is 0 Å². The predicted octanol–water partition coefficient (Wildman–Crippen LogP) is 2.57. The molecule has 168 valence electrons. The van der Waals surface area contributed by atoms with Crippen molar-refractivity contribution in [3.05, 3.63) is 50.9 Å². The molecule has 3 rings (SSSR count). The van der Waals surface area contributed by atoms with Crippen molar-refractivity contribution in [2.24, 2.45) is 5.92 Å². The first-order valence-electron chi connectivity index (χ1n) is 9.94. The third-order valence-corrected chi connectivity index (χ3v) is 7.80. The first-order valence-corrected chi connectivity index (χ1v) is 11.4. The molecule has 1 aromatic carbocycles. The number of hydrogen-bond donors (Lipinski definition) is 0. The number of nitro benzene ring substituents is 1. The number of nitro groups is 1. The zero-order valence-corrected chi connectivity index (χ0v) is 18.8. The van der Waals surface area contributed by atoms with Crippen LogP contribution in [0.1, 0.15) is 35.4 Å². The quantitative estimate of drug-likeness (QED) is 0.489. The normalized spacial score (nSPS) is 15.7. The number of carbonyl (C=O) groups excluding carboxylic acids is 1. The molecule has 2 aromatic rings. The van der Waals surface area contributed by atoms with Crippen molar-refractivity contribution in [3.8, 4) is 0 Å². The second-order valence-electron chi connectivity index (χ2n) is 7.88. The maximum atomic E-state index is 13.1. The molecule has 0 bridgehead atoms. The van der Waals surface area contributed by atoms with Gasteiger partial charge in [0, 0.05) is 43.8 Å². The van der Waals surface area contributed by atoms with E-state index in [0.717, 1.165) is 17.3 Å². The molecule has 0 N–H and O–H groups in total. The Labute approximate surface area is 181 Å². The Kier molecular flexibility index (Phi) is 6.46. The predicted molar refractivity (Wildman–Crippen MR) is 112 cm³/mol. The molecule has 0 aliphatic carbocycles. The molecule has 1 aliphatic rings. The highest BCUT2D eigenvalue weighted by atomic mass is 32.2. The molecule has 0 saturated carbocycles. The Hall–Kier alpha value is -2.79. The molecule has 0 radical (unpaired) electrons. The molecule has 1 fully saturated rings. The molecule has 11 heteroatoms. The van der Waals surface area contributed by atoms with Crippen molar-refractivity contribution >= 4 is 21.6 Å². The van der Waals surface area contributed by atoms with Crippen LogP contribution in [0.25, 0.3) is 0 Å². The third kappa shape index (κ3) is 4.62. The summed E-state index contributed by atoms with van der Waals surface area (Å²) in [7, 11) is -2.17. The Morgan fingerprint density at radius 1 is 1.29 bits per heavy atom. The van der Waals surface area contributed by atoms with E-state index in [1.54, 1.807) is 25.8 Å². The fraction of sp³-hybridized carbons (Fsp3) is 0.500. The Balaban J connectivity index is 1.68. The highest BCUT2D eigenvalue weighted by Gasteiger charge is 2.34. The molecule has 0 spiro atoms. The van der Waals surface area contributed by atoms with Gasteiger partial charge in [0.15, 0.2) is 0 Å². The summed E-state index contributed by atoms with van der Waals surface area (Å²) in [4.78, 5) is 24.9. The van der Waals surface area contributed by atoms with E-state index >= 15 is 0 Å².